The van der Waals surface area contributed by atoms with E-state index in [2.05, 4.69) is 15.7 Å². The smallest absolute Gasteiger partial charge is 0.315 e. The van der Waals surface area contributed by atoms with Crippen molar-refractivity contribution in [3.05, 3.63) is 48.0 Å². The van der Waals surface area contributed by atoms with E-state index in [1.807, 2.05) is 0 Å². The van der Waals surface area contributed by atoms with Gasteiger partial charge >= 0.3 is 6.03 Å². The third kappa shape index (κ3) is 3.78. The lowest BCUT2D eigenvalue weighted by atomic mass is 10.1. The van der Waals surface area contributed by atoms with Crippen molar-refractivity contribution in [2.45, 2.75) is 25.4 Å². The highest BCUT2D eigenvalue weighted by Gasteiger charge is 2.28. The van der Waals surface area contributed by atoms with Crippen LogP contribution in [-0.4, -0.2) is 46.3 Å². The van der Waals surface area contributed by atoms with Gasteiger partial charge in [-0.25, -0.2) is 13.9 Å². The quantitative estimate of drug-likeness (QED) is 0.883. The summed E-state index contributed by atoms with van der Waals surface area (Å²) in [4.78, 5) is 25.1. The molecule has 25 heavy (non-hydrogen) atoms. The van der Waals surface area contributed by atoms with E-state index in [9.17, 15) is 14.0 Å². The number of urea groups is 1. The molecule has 1 aromatic carbocycles. The molecule has 3 rings (SSSR count). The molecule has 7 nitrogen and oxygen atoms in total. The molecule has 2 aromatic rings. The number of halogens is 1. The molecule has 132 valence electrons. The second-order valence-electron chi connectivity index (χ2n) is 6.18. The Morgan fingerprint density at radius 2 is 2.24 bits per heavy atom. The number of aromatic nitrogens is 2. The van der Waals surface area contributed by atoms with E-state index in [1.54, 1.807) is 49.5 Å². The van der Waals surface area contributed by atoms with E-state index >= 15 is 0 Å². The van der Waals surface area contributed by atoms with E-state index in [0.29, 0.717) is 24.2 Å². The van der Waals surface area contributed by atoms with Gasteiger partial charge in [0.15, 0.2) is 0 Å². The summed E-state index contributed by atoms with van der Waals surface area (Å²) in [6, 6.07) is 5.51. The predicted molar refractivity (Wildman–Crippen MR) is 89.6 cm³/mol. The van der Waals surface area contributed by atoms with Crippen LogP contribution in [0, 0.1) is 5.82 Å². The van der Waals surface area contributed by atoms with Crippen molar-refractivity contribution in [2.24, 2.45) is 0 Å². The second kappa shape index (κ2) is 6.92. The number of nitrogens with zero attached hydrogens (tertiary/aromatic N) is 3. The summed E-state index contributed by atoms with van der Waals surface area (Å²) in [5.41, 5.74) is 0.987. The van der Waals surface area contributed by atoms with Crippen molar-refractivity contribution in [1.82, 2.24) is 25.3 Å². The number of rotatable bonds is 4. The SMILES string of the molecule is C[C@@H](NC(=O)N[C@H]1CC(=O)N(C)C1)c1ccc(-n2cccn2)c(F)c1. The fraction of sp³-hybridized carbons (Fsp3) is 0.353. The average Bonchev–Trinajstić information content (AvgIpc) is 3.17. The minimum atomic E-state index is -0.418. The maximum atomic E-state index is 14.3. The Bertz CT molecular complexity index is 777. The molecule has 2 N–H and O–H groups in total. The Morgan fingerprint density at radius 3 is 2.84 bits per heavy atom. The van der Waals surface area contributed by atoms with Gasteiger partial charge in [0.05, 0.1) is 12.1 Å². The van der Waals surface area contributed by atoms with Crippen LogP contribution in [0.25, 0.3) is 5.69 Å². The summed E-state index contributed by atoms with van der Waals surface area (Å²) in [7, 11) is 1.70. The van der Waals surface area contributed by atoms with Crippen molar-refractivity contribution < 1.29 is 14.0 Å². The number of hydrogen-bond acceptors (Lipinski definition) is 3. The summed E-state index contributed by atoms with van der Waals surface area (Å²) >= 11 is 0. The fourth-order valence-electron chi connectivity index (χ4n) is 2.86. The second-order valence-corrected chi connectivity index (χ2v) is 6.18. The highest BCUT2D eigenvalue weighted by atomic mass is 19.1. The van der Waals surface area contributed by atoms with Gasteiger partial charge in [-0.2, -0.15) is 5.10 Å². The summed E-state index contributed by atoms with van der Waals surface area (Å²) in [6.07, 6.45) is 3.53. The van der Waals surface area contributed by atoms with Gasteiger partial charge in [0.25, 0.3) is 0 Å². The monoisotopic (exact) mass is 345 g/mol. The first-order valence-corrected chi connectivity index (χ1v) is 8.04. The van der Waals surface area contributed by atoms with Crippen LogP contribution in [0.1, 0.15) is 24.9 Å². The number of likely N-dealkylation sites (tertiary alicyclic amines) is 1. The lowest BCUT2D eigenvalue weighted by Crippen LogP contribution is -2.43. The van der Waals surface area contributed by atoms with E-state index in [0.717, 1.165) is 0 Å². The summed E-state index contributed by atoms with van der Waals surface area (Å²) < 4.78 is 15.7. The van der Waals surface area contributed by atoms with Crippen LogP contribution >= 0.6 is 0 Å². The lowest BCUT2D eigenvalue weighted by Gasteiger charge is -2.18. The van der Waals surface area contributed by atoms with Gasteiger partial charge in [0.1, 0.15) is 11.5 Å². The van der Waals surface area contributed by atoms with Crippen molar-refractivity contribution in [2.75, 3.05) is 13.6 Å². The molecule has 1 aliphatic heterocycles. The Hall–Kier alpha value is -2.90. The molecule has 0 bridgehead atoms. The van der Waals surface area contributed by atoms with E-state index in [-0.39, 0.29) is 24.0 Å². The zero-order valence-electron chi connectivity index (χ0n) is 14.1. The van der Waals surface area contributed by atoms with Gasteiger partial charge in [0.2, 0.25) is 5.91 Å². The maximum absolute atomic E-state index is 14.3. The molecule has 0 radical (unpaired) electrons. The molecule has 0 spiro atoms. The number of carbonyl (C=O) groups is 2. The van der Waals surface area contributed by atoms with Crippen LogP contribution in [-0.2, 0) is 4.79 Å². The first kappa shape index (κ1) is 16.9. The number of carbonyl (C=O) groups excluding carboxylic acids is 2. The molecule has 0 saturated carbocycles. The maximum Gasteiger partial charge on any atom is 0.315 e. The molecule has 1 aliphatic rings. The Kier molecular flexibility index (Phi) is 4.69. The topological polar surface area (TPSA) is 79.3 Å². The highest BCUT2D eigenvalue weighted by molar-refractivity contribution is 5.81. The van der Waals surface area contributed by atoms with Crippen molar-refractivity contribution in [1.29, 1.82) is 0 Å². The van der Waals surface area contributed by atoms with Gasteiger partial charge in [-0.15, -0.1) is 0 Å². The number of likely N-dealkylation sites (N-methyl/N-ethyl adjacent to an activating group) is 1. The van der Waals surface area contributed by atoms with Crippen LogP contribution in [0.2, 0.25) is 0 Å². The zero-order valence-corrected chi connectivity index (χ0v) is 14.1. The minimum Gasteiger partial charge on any atom is -0.344 e. The number of hydrogen-bond donors (Lipinski definition) is 2. The first-order valence-electron chi connectivity index (χ1n) is 8.04. The Labute approximate surface area is 144 Å². The molecule has 1 aromatic heterocycles. The van der Waals surface area contributed by atoms with Crippen molar-refractivity contribution in [3.8, 4) is 5.69 Å². The molecule has 0 unspecified atom stereocenters. The predicted octanol–water partition coefficient (Wildman–Crippen LogP) is 1.60. The Morgan fingerprint density at radius 1 is 1.44 bits per heavy atom. The van der Waals surface area contributed by atoms with Gasteiger partial charge in [-0.05, 0) is 30.7 Å². The molecular formula is C17H20FN5O2. The van der Waals surface area contributed by atoms with Crippen molar-refractivity contribution in [3.63, 3.8) is 0 Å². The average molecular weight is 345 g/mol. The molecule has 0 aliphatic carbocycles. The minimum absolute atomic E-state index is 0.00892. The Balaban J connectivity index is 1.61. The zero-order chi connectivity index (χ0) is 18.0. The van der Waals surface area contributed by atoms with E-state index in [4.69, 9.17) is 0 Å². The normalized spacial score (nSPS) is 18.3. The van der Waals surface area contributed by atoms with Crippen LogP contribution in [0.3, 0.4) is 0 Å². The van der Waals surface area contributed by atoms with Gasteiger partial charge in [-0.1, -0.05) is 6.07 Å². The molecule has 1 saturated heterocycles. The molecule has 8 heteroatoms. The first-order chi connectivity index (χ1) is 11.9. The molecule has 2 heterocycles. The van der Waals surface area contributed by atoms with Crippen LogP contribution in [0.15, 0.2) is 36.7 Å². The van der Waals surface area contributed by atoms with Crippen molar-refractivity contribution >= 4 is 11.9 Å². The molecular weight excluding hydrogens is 325 g/mol. The van der Waals surface area contributed by atoms with Crippen LogP contribution < -0.4 is 10.6 Å². The lowest BCUT2D eigenvalue weighted by molar-refractivity contribution is -0.126. The van der Waals surface area contributed by atoms with Crippen LogP contribution in [0.4, 0.5) is 9.18 Å². The number of amides is 3. The van der Waals surface area contributed by atoms with Gasteiger partial charge < -0.3 is 15.5 Å². The summed E-state index contributed by atoms with van der Waals surface area (Å²) in [5, 5.41) is 9.54. The fourth-order valence-corrected chi connectivity index (χ4v) is 2.86. The van der Waals surface area contributed by atoms with Gasteiger partial charge in [-0.3, -0.25) is 4.79 Å². The molecule has 2 atom stereocenters. The largest absolute Gasteiger partial charge is 0.344 e. The summed E-state index contributed by atoms with van der Waals surface area (Å²) in [5.74, 6) is -0.409. The summed E-state index contributed by atoms with van der Waals surface area (Å²) in [6.45, 7) is 2.27. The standard InChI is InChI=1S/C17H20FN5O2/c1-11(20-17(25)21-13-9-16(24)22(2)10-13)12-4-5-15(14(18)8-12)23-7-3-6-19-23/h3-8,11,13H,9-10H2,1-2H3,(H2,20,21,25)/t11-,13+/m1/s1. The number of benzene rings is 1. The molecule has 1 fully saturated rings. The highest BCUT2D eigenvalue weighted by Crippen LogP contribution is 2.19. The van der Waals surface area contributed by atoms with E-state index in [1.165, 1.54) is 10.7 Å². The third-order valence-electron chi connectivity index (χ3n) is 4.25. The van der Waals surface area contributed by atoms with E-state index < -0.39 is 5.82 Å². The molecule has 3 amide bonds. The number of nitrogens with one attached hydrogen (secondary N) is 2. The van der Waals surface area contributed by atoms with Gasteiger partial charge in [0, 0.05) is 32.4 Å². The van der Waals surface area contributed by atoms with Crippen LogP contribution in [0.5, 0.6) is 0 Å². The third-order valence-corrected chi connectivity index (χ3v) is 4.25.